The van der Waals surface area contributed by atoms with E-state index in [1.54, 1.807) is 24.4 Å². The summed E-state index contributed by atoms with van der Waals surface area (Å²) in [7, 11) is 0. The van der Waals surface area contributed by atoms with Crippen LogP contribution in [0.3, 0.4) is 0 Å². The fraction of sp³-hybridized carbons (Fsp3) is 0.182. The zero-order valence-electron chi connectivity index (χ0n) is 16.0. The van der Waals surface area contributed by atoms with Gasteiger partial charge in [0.25, 0.3) is 5.91 Å². The number of benzene rings is 2. The lowest BCUT2D eigenvalue weighted by Crippen LogP contribution is -2.34. The molecule has 0 radical (unpaired) electrons. The van der Waals surface area contributed by atoms with Gasteiger partial charge in [-0.25, -0.2) is 4.98 Å². The molecule has 4 rings (SSSR count). The molecule has 0 bridgehead atoms. The first-order valence-corrected chi connectivity index (χ1v) is 10.6. The van der Waals surface area contributed by atoms with Crippen LogP contribution in [-0.4, -0.2) is 24.0 Å². The summed E-state index contributed by atoms with van der Waals surface area (Å²) in [6, 6.07) is 14.7. The van der Waals surface area contributed by atoms with Crippen molar-refractivity contribution in [1.82, 2.24) is 10.3 Å². The molecule has 5 nitrogen and oxygen atoms in total. The first-order chi connectivity index (χ1) is 14.5. The summed E-state index contributed by atoms with van der Waals surface area (Å²) < 4.78 is 0. The first kappa shape index (κ1) is 20.8. The molecule has 0 saturated carbocycles. The molecule has 1 amide bonds. The van der Waals surface area contributed by atoms with E-state index in [0.29, 0.717) is 33.7 Å². The molecule has 154 valence electrons. The largest absolute Gasteiger partial charge is 0.367 e. The molecule has 0 fully saturated rings. The van der Waals surface area contributed by atoms with Crippen LogP contribution < -0.4 is 15.5 Å². The number of carbonyl (C=O) groups is 1. The fourth-order valence-corrected chi connectivity index (χ4v) is 3.93. The highest BCUT2D eigenvalue weighted by Gasteiger charge is 2.21. The Morgan fingerprint density at radius 2 is 1.93 bits per heavy atom. The van der Waals surface area contributed by atoms with Crippen LogP contribution in [0.5, 0.6) is 0 Å². The van der Waals surface area contributed by atoms with E-state index in [-0.39, 0.29) is 5.91 Å². The lowest BCUT2D eigenvalue weighted by atomic mass is 10.1. The van der Waals surface area contributed by atoms with E-state index in [9.17, 15) is 4.79 Å². The van der Waals surface area contributed by atoms with Gasteiger partial charge in [-0.3, -0.25) is 4.79 Å². The van der Waals surface area contributed by atoms with Crippen molar-refractivity contribution in [3.8, 4) is 0 Å². The van der Waals surface area contributed by atoms with Gasteiger partial charge in [0.2, 0.25) is 0 Å². The molecule has 3 aromatic rings. The van der Waals surface area contributed by atoms with Gasteiger partial charge in [0.05, 0.1) is 11.3 Å². The van der Waals surface area contributed by atoms with Crippen molar-refractivity contribution in [1.29, 1.82) is 0 Å². The molecule has 8 heteroatoms. The van der Waals surface area contributed by atoms with Crippen LogP contribution in [0.15, 0.2) is 54.7 Å². The van der Waals surface area contributed by atoms with Gasteiger partial charge in [0.15, 0.2) is 0 Å². The highest BCUT2D eigenvalue weighted by atomic mass is 35.5. The maximum atomic E-state index is 12.7. The summed E-state index contributed by atoms with van der Waals surface area (Å²) in [6.45, 7) is 2.46. The molecule has 2 N–H and O–H groups in total. The molecular formula is C22H19Cl3N4O. The van der Waals surface area contributed by atoms with E-state index >= 15 is 0 Å². The SMILES string of the molecule is O=C(NCc1cccc(Cl)c1)c1cnc2c(c1)N(Cc1cc(Cl)ccc1Cl)CCN2. The van der Waals surface area contributed by atoms with Crippen LogP contribution in [0.2, 0.25) is 15.1 Å². The molecule has 0 saturated heterocycles. The third-order valence-corrected chi connectivity index (χ3v) is 5.69. The predicted octanol–water partition coefficient (Wildman–Crippen LogP) is 5.40. The molecule has 30 heavy (non-hydrogen) atoms. The van der Waals surface area contributed by atoms with Crippen LogP contribution >= 0.6 is 34.8 Å². The number of hydrogen-bond acceptors (Lipinski definition) is 4. The smallest absolute Gasteiger partial charge is 0.253 e. The Bertz CT molecular complexity index is 1090. The molecule has 0 spiro atoms. The second-order valence-corrected chi connectivity index (χ2v) is 8.27. The van der Waals surface area contributed by atoms with Crippen LogP contribution in [0, 0.1) is 0 Å². The Hall–Kier alpha value is -2.47. The van der Waals surface area contributed by atoms with Crippen molar-refractivity contribution >= 4 is 52.2 Å². The highest BCUT2D eigenvalue weighted by molar-refractivity contribution is 6.33. The van der Waals surface area contributed by atoms with E-state index in [1.807, 2.05) is 30.3 Å². The zero-order valence-corrected chi connectivity index (χ0v) is 18.2. The van der Waals surface area contributed by atoms with Crippen LogP contribution in [-0.2, 0) is 13.1 Å². The topological polar surface area (TPSA) is 57.3 Å². The standard InChI is InChI=1S/C22H19Cl3N4O/c23-17-3-1-2-14(8-17)11-28-22(30)15-10-20-21(27-12-15)26-6-7-29(20)13-16-9-18(24)4-5-19(16)25/h1-5,8-10,12H,6-7,11,13H2,(H,26,27)(H,28,30). The van der Waals surface area contributed by atoms with Gasteiger partial charge in [-0.2, -0.15) is 0 Å². The number of halogens is 3. The molecule has 0 atom stereocenters. The molecule has 0 aliphatic carbocycles. The number of carbonyl (C=O) groups excluding carboxylic acids is 1. The Kier molecular flexibility index (Phi) is 6.32. The third-order valence-electron chi connectivity index (χ3n) is 4.86. The fourth-order valence-electron chi connectivity index (χ4n) is 3.35. The Morgan fingerprint density at radius 3 is 2.77 bits per heavy atom. The van der Waals surface area contributed by atoms with Crippen molar-refractivity contribution in [2.75, 3.05) is 23.3 Å². The number of pyridine rings is 1. The van der Waals surface area contributed by atoms with Crippen molar-refractivity contribution in [2.45, 2.75) is 13.1 Å². The maximum Gasteiger partial charge on any atom is 0.253 e. The number of amides is 1. The second kappa shape index (κ2) is 9.13. The summed E-state index contributed by atoms with van der Waals surface area (Å²) in [5.74, 6) is 0.544. The first-order valence-electron chi connectivity index (χ1n) is 9.45. The van der Waals surface area contributed by atoms with E-state index in [4.69, 9.17) is 34.8 Å². The molecule has 1 aliphatic rings. The van der Waals surface area contributed by atoms with E-state index in [1.165, 1.54) is 0 Å². The van der Waals surface area contributed by atoms with Crippen molar-refractivity contribution < 1.29 is 4.79 Å². The number of rotatable bonds is 5. The lowest BCUT2D eigenvalue weighted by Gasteiger charge is -2.32. The average molecular weight is 462 g/mol. The van der Waals surface area contributed by atoms with Gasteiger partial charge in [0, 0.05) is 47.4 Å². The predicted molar refractivity (Wildman–Crippen MR) is 123 cm³/mol. The van der Waals surface area contributed by atoms with Crippen molar-refractivity contribution in [3.05, 3.63) is 86.5 Å². The molecule has 0 unspecified atom stereocenters. The minimum Gasteiger partial charge on any atom is -0.367 e. The quantitative estimate of drug-likeness (QED) is 0.534. The summed E-state index contributed by atoms with van der Waals surface area (Å²) in [4.78, 5) is 19.3. The Labute approximate surface area is 190 Å². The van der Waals surface area contributed by atoms with Gasteiger partial charge in [-0.1, -0.05) is 46.9 Å². The number of hydrogen-bond donors (Lipinski definition) is 2. The molecule has 2 heterocycles. The Morgan fingerprint density at radius 1 is 1.10 bits per heavy atom. The Balaban J connectivity index is 1.52. The summed E-state index contributed by atoms with van der Waals surface area (Å²) in [5, 5.41) is 8.12. The zero-order chi connectivity index (χ0) is 21.1. The van der Waals surface area contributed by atoms with Gasteiger partial charge >= 0.3 is 0 Å². The highest BCUT2D eigenvalue weighted by Crippen LogP contribution is 2.31. The van der Waals surface area contributed by atoms with E-state index < -0.39 is 0 Å². The van der Waals surface area contributed by atoms with Crippen LogP contribution in [0.25, 0.3) is 0 Å². The van der Waals surface area contributed by atoms with Gasteiger partial charge < -0.3 is 15.5 Å². The monoisotopic (exact) mass is 460 g/mol. The molecule has 1 aromatic heterocycles. The van der Waals surface area contributed by atoms with Crippen LogP contribution in [0.1, 0.15) is 21.5 Å². The maximum absolute atomic E-state index is 12.7. The summed E-state index contributed by atoms with van der Waals surface area (Å²) in [5.41, 5.74) is 3.20. The minimum atomic E-state index is -0.198. The second-order valence-electron chi connectivity index (χ2n) is 6.99. The number of fused-ring (bicyclic) bond motifs is 1. The molecule has 2 aromatic carbocycles. The normalized spacial score (nSPS) is 12.8. The van der Waals surface area contributed by atoms with Gasteiger partial charge in [-0.05, 0) is 47.5 Å². The third kappa shape index (κ3) is 4.81. The van der Waals surface area contributed by atoms with E-state index in [2.05, 4.69) is 20.5 Å². The van der Waals surface area contributed by atoms with E-state index in [0.717, 1.165) is 35.7 Å². The number of nitrogens with one attached hydrogen (secondary N) is 2. The summed E-state index contributed by atoms with van der Waals surface area (Å²) >= 11 is 18.5. The minimum absolute atomic E-state index is 0.198. The average Bonchev–Trinajstić information content (AvgIpc) is 2.74. The lowest BCUT2D eigenvalue weighted by molar-refractivity contribution is 0.0950. The van der Waals surface area contributed by atoms with Gasteiger partial charge in [-0.15, -0.1) is 0 Å². The number of anilines is 2. The summed E-state index contributed by atoms with van der Waals surface area (Å²) in [6.07, 6.45) is 1.58. The number of aromatic nitrogens is 1. The van der Waals surface area contributed by atoms with Crippen molar-refractivity contribution in [3.63, 3.8) is 0 Å². The molecular weight excluding hydrogens is 443 g/mol. The number of nitrogens with zero attached hydrogens (tertiary/aromatic N) is 2. The van der Waals surface area contributed by atoms with Crippen LogP contribution in [0.4, 0.5) is 11.5 Å². The molecule has 1 aliphatic heterocycles. The van der Waals surface area contributed by atoms with Crippen molar-refractivity contribution in [2.24, 2.45) is 0 Å². The van der Waals surface area contributed by atoms with Gasteiger partial charge in [0.1, 0.15) is 5.82 Å².